The van der Waals surface area contributed by atoms with Crippen LogP contribution in [0.2, 0.25) is 0 Å². The van der Waals surface area contributed by atoms with Crippen molar-refractivity contribution in [3.05, 3.63) is 70.4 Å². The van der Waals surface area contributed by atoms with Crippen molar-refractivity contribution >= 4 is 28.5 Å². The molecule has 0 bridgehead atoms. The Balaban J connectivity index is 1.92. The van der Waals surface area contributed by atoms with Crippen LogP contribution in [0.25, 0.3) is 11.0 Å². The van der Waals surface area contributed by atoms with Gasteiger partial charge in [0.15, 0.2) is 0 Å². The maximum Gasteiger partial charge on any atom is 0.273 e. The summed E-state index contributed by atoms with van der Waals surface area (Å²) in [6.07, 6.45) is 0.279. The van der Waals surface area contributed by atoms with Gasteiger partial charge in [-0.2, -0.15) is 0 Å². The van der Waals surface area contributed by atoms with Crippen molar-refractivity contribution in [1.29, 1.82) is 0 Å². The Morgan fingerprint density at radius 1 is 1.11 bits per heavy atom. The fourth-order valence-corrected chi connectivity index (χ4v) is 2.83. The predicted octanol–water partition coefficient (Wildman–Crippen LogP) is 1.85. The van der Waals surface area contributed by atoms with E-state index < -0.39 is 17.3 Å². The van der Waals surface area contributed by atoms with E-state index in [0.717, 1.165) is 0 Å². The molecule has 0 saturated heterocycles. The van der Waals surface area contributed by atoms with Crippen LogP contribution < -0.4 is 16.2 Å². The number of halogens is 1. The molecule has 0 radical (unpaired) electrons. The molecule has 28 heavy (non-hydrogen) atoms. The van der Waals surface area contributed by atoms with Gasteiger partial charge in [-0.1, -0.05) is 18.2 Å². The van der Waals surface area contributed by atoms with E-state index >= 15 is 0 Å². The van der Waals surface area contributed by atoms with Crippen molar-refractivity contribution in [2.75, 3.05) is 12.4 Å². The van der Waals surface area contributed by atoms with Gasteiger partial charge in [-0.3, -0.25) is 19.0 Å². The lowest BCUT2D eigenvalue weighted by Gasteiger charge is -2.12. The van der Waals surface area contributed by atoms with E-state index in [9.17, 15) is 18.8 Å². The SMILES string of the molecule is CNC(=O)CCc1nc2ccccc2n(CC(=O)Nc2cccc(F)c2)c1=O. The summed E-state index contributed by atoms with van der Waals surface area (Å²) in [6, 6.07) is 12.5. The number of para-hydroxylation sites is 2. The van der Waals surface area contributed by atoms with Crippen LogP contribution >= 0.6 is 0 Å². The second kappa shape index (κ2) is 8.43. The first-order valence-corrected chi connectivity index (χ1v) is 8.72. The van der Waals surface area contributed by atoms with Crippen LogP contribution in [0.3, 0.4) is 0 Å². The molecule has 8 heteroatoms. The molecule has 0 aliphatic carbocycles. The van der Waals surface area contributed by atoms with Crippen LogP contribution in [0, 0.1) is 5.82 Å². The average molecular weight is 382 g/mol. The summed E-state index contributed by atoms with van der Waals surface area (Å²) in [6.45, 7) is -0.259. The molecule has 2 amide bonds. The van der Waals surface area contributed by atoms with Gasteiger partial charge in [-0.15, -0.1) is 0 Å². The number of carbonyl (C=O) groups excluding carboxylic acids is 2. The molecule has 144 valence electrons. The first-order valence-electron chi connectivity index (χ1n) is 8.72. The molecule has 7 nitrogen and oxygen atoms in total. The lowest BCUT2D eigenvalue weighted by atomic mass is 10.2. The fraction of sp³-hybridized carbons (Fsp3) is 0.200. The van der Waals surface area contributed by atoms with Crippen LogP contribution in [0.4, 0.5) is 10.1 Å². The molecular formula is C20H19FN4O3. The van der Waals surface area contributed by atoms with Crippen molar-refractivity contribution in [3.8, 4) is 0 Å². The van der Waals surface area contributed by atoms with Crippen molar-refractivity contribution < 1.29 is 14.0 Å². The van der Waals surface area contributed by atoms with E-state index in [1.165, 1.54) is 29.8 Å². The summed E-state index contributed by atoms with van der Waals surface area (Å²) in [5, 5.41) is 5.08. The molecule has 2 N–H and O–H groups in total. The number of hydrogen-bond acceptors (Lipinski definition) is 4. The van der Waals surface area contributed by atoms with Crippen molar-refractivity contribution in [2.24, 2.45) is 0 Å². The molecule has 3 rings (SSSR count). The second-order valence-corrected chi connectivity index (χ2v) is 6.17. The van der Waals surface area contributed by atoms with Crippen LogP contribution in [0.1, 0.15) is 12.1 Å². The van der Waals surface area contributed by atoms with Gasteiger partial charge in [-0.05, 0) is 30.3 Å². The summed E-state index contributed by atoms with van der Waals surface area (Å²) >= 11 is 0. The summed E-state index contributed by atoms with van der Waals surface area (Å²) < 4.78 is 14.6. The summed E-state index contributed by atoms with van der Waals surface area (Å²) in [4.78, 5) is 41.2. The van der Waals surface area contributed by atoms with Gasteiger partial charge < -0.3 is 10.6 Å². The molecule has 0 spiro atoms. The van der Waals surface area contributed by atoms with Gasteiger partial charge >= 0.3 is 0 Å². The van der Waals surface area contributed by atoms with E-state index in [1.807, 2.05) is 0 Å². The molecular weight excluding hydrogens is 363 g/mol. The molecule has 0 saturated carbocycles. The number of nitrogens with one attached hydrogen (secondary N) is 2. The standard InChI is InChI=1S/C20H19FN4O3/c1-22-18(26)10-9-16-20(28)25(17-8-3-2-7-15(17)24-16)12-19(27)23-14-6-4-5-13(21)11-14/h2-8,11H,9-10,12H2,1H3,(H,22,26)(H,23,27). The molecule has 1 heterocycles. The highest BCUT2D eigenvalue weighted by Crippen LogP contribution is 2.12. The van der Waals surface area contributed by atoms with Gasteiger partial charge in [0.1, 0.15) is 18.1 Å². The Morgan fingerprint density at radius 3 is 2.64 bits per heavy atom. The van der Waals surface area contributed by atoms with Gasteiger partial charge in [0.05, 0.1) is 11.0 Å². The number of benzene rings is 2. The Kier molecular flexibility index (Phi) is 5.78. The molecule has 0 atom stereocenters. The molecule has 0 unspecified atom stereocenters. The number of aryl methyl sites for hydroxylation is 1. The van der Waals surface area contributed by atoms with Gasteiger partial charge in [0.25, 0.3) is 5.56 Å². The number of amides is 2. The monoisotopic (exact) mass is 382 g/mol. The highest BCUT2D eigenvalue weighted by atomic mass is 19.1. The maximum atomic E-state index is 13.3. The van der Waals surface area contributed by atoms with E-state index in [-0.39, 0.29) is 31.0 Å². The molecule has 1 aromatic heterocycles. The summed E-state index contributed by atoms with van der Waals surface area (Å²) in [5.74, 6) is -1.15. The number of carbonyl (C=O) groups is 2. The Labute approximate surface area is 160 Å². The zero-order valence-corrected chi connectivity index (χ0v) is 15.2. The van der Waals surface area contributed by atoms with E-state index in [2.05, 4.69) is 15.6 Å². The van der Waals surface area contributed by atoms with Gasteiger partial charge in [0, 0.05) is 25.6 Å². The fourth-order valence-electron chi connectivity index (χ4n) is 2.83. The lowest BCUT2D eigenvalue weighted by Crippen LogP contribution is -2.31. The predicted molar refractivity (Wildman–Crippen MR) is 103 cm³/mol. The molecule has 0 aliphatic rings. The van der Waals surface area contributed by atoms with Crippen molar-refractivity contribution in [2.45, 2.75) is 19.4 Å². The van der Waals surface area contributed by atoms with Crippen molar-refractivity contribution in [3.63, 3.8) is 0 Å². The molecule has 3 aromatic rings. The van der Waals surface area contributed by atoms with Gasteiger partial charge in [0.2, 0.25) is 11.8 Å². The number of aromatic nitrogens is 2. The number of nitrogens with zero attached hydrogens (tertiary/aromatic N) is 2. The van der Waals surface area contributed by atoms with Crippen LogP contribution in [0.5, 0.6) is 0 Å². The lowest BCUT2D eigenvalue weighted by molar-refractivity contribution is -0.120. The normalized spacial score (nSPS) is 10.6. The van der Waals surface area contributed by atoms with Gasteiger partial charge in [-0.25, -0.2) is 9.37 Å². The van der Waals surface area contributed by atoms with E-state index in [4.69, 9.17) is 0 Å². The Bertz CT molecular complexity index is 1090. The van der Waals surface area contributed by atoms with E-state index in [1.54, 1.807) is 30.3 Å². The minimum atomic E-state index is -0.471. The minimum Gasteiger partial charge on any atom is -0.359 e. The van der Waals surface area contributed by atoms with Crippen LogP contribution in [0.15, 0.2) is 53.3 Å². The molecule has 0 fully saturated rings. The zero-order valence-electron chi connectivity index (χ0n) is 15.2. The largest absolute Gasteiger partial charge is 0.359 e. The number of fused-ring (bicyclic) bond motifs is 1. The Hall–Kier alpha value is -3.55. The molecule has 2 aromatic carbocycles. The third kappa shape index (κ3) is 4.40. The topological polar surface area (TPSA) is 93.1 Å². The zero-order chi connectivity index (χ0) is 20.1. The number of rotatable bonds is 6. The third-order valence-electron chi connectivity index (χ3n) is 4.20. The summed E-state index contributed by atoms with van der Waals surface area (Å²) in [7, 11) is 1.52. The first-order chi connectivity index (χ1) is 13.5. The number of hydrogen-bond donors (Lipinski definition) is 2. The highest BCUT2D eigenvalue weighted by molar-refractivity contribution is 5.91. The quantitative estimate of drug-likeness (QED) is 0.681. The first kappa shape index (κ1) is 19.2. The highest BCUT2D eigenvalue weighted by Gasteiger charge is 2.15. The Morgan fingerprint density at radius 2 is 1.89 bits per heavy atom. The minimum absolute atomic E-state index is 0.118. The van der Waals surface area contributed by atoms with Crippen LogP contribution in [-0.2, 0) is 22.6 Å². The van der Waals surface area contributed by atoms with Crippen molar-refractivity contribution in [1.82, 2.24) is 14.9 Å². The molecule has 0 aliphatic heterocycles. The summed E-state index contributed by atoms with van der Waals surface area (Å²) in [5.41, 5.74) is 1.13. The van der Waals surface area contributed by atoms with Crippen LogP contribution in [-0.4, -0.2) is 28.4 Å². The third-order valence-corrected chi connectivity index (χ3v) is 4.20. The second-order valence-electron chi connectivity index (χ2n) is 6.17. The maximum absolute atomic E-state index is 13.3. The number of anilines is 1. The smallest absolute Gasteiger partial charge is 0.273 e. The average Bonchev–Trinajstić information content (AvgIpc) is 2.68. The van der Waals surface area contributed by atoms with E-state index in [0.29, 0.717) is 16.7 Å².